The third kappa shape index (κ3) is 3.73. The van der Waals surface area contributed by atoms with Crippen LogP contribution in [0.25, 0.3) is 0 Å². The number of hydrogen-bond donors (Lipinski definition) is 2. The molecule has 2 aliphatic heterocycles. The summed E-state index contributed by atoms with van der Waals surface area (Å²) in [6.45, 7) is 0.520. The minimum atomic E-state index is -3.62. The Labute approximate surface area is 195 Å². The predicted octanol–water partition coefficient (Wildman–Crippen LogP) is 2.25. The molecule has 2 N–H and O–H groups in total. The van der Waals surface area contributed by atoms with Crippen LogP contribution in [-0.2, 0) is 31.6 Å². The number of nitrogens with one attached hydrogen (secondary N) is 2. The number of amides is 4. The first-order valence-electron chi connectivity index (χ1n) is 10.9. The van der Waals surface area contributed by atoms with Gasteiger partial charge in [0.05, 0.1) is 4.90 Å². The Morgan fingerprint density at radius 3 is 2.73 bits per heavy atom. The van der Waals surface area contributed by atoms with Crippen molar-refractivity contribution in [2.45, 2.75) is 42.5 Å². The van der Waals surface area contributed by atoms with Gasteiger partial charge in [-0.25, -0.2) is 13.2 Å². The second kappa shape index (κ2) is 8.23. The molecule has 1 aromatic carbocycles. The van der Waals surface area contributed by atoms with Gasteiger partial charge in [-0.05, 0) is 61.7 Å². The van der Waals surface area contributed by atoms with E-state index < -0.39 is 40.0 Å². The average molecular weight is 489 g/mol. The molecule has 0 saturated carbocycles. The Morgan fingerprint density at radius 2 is 1.94 bits per heavy atom. The molecule has 9 nitrogen and oxygen atoms in total. The fourth-order valence-electron chi connectivity index (χ4n) is 4.84. The van der Waals surface area contributed by atoms with E-state index in [1.807, 2.05) is 11.4 Å². The lowest BCUT2D eigenvalue weighted by Crippen LogP contribution is -2.46. The zero-order valence-corrected chi connectivity index (χ0v) is 19.5. The molecule has 0 radical (unpaired) electrons. The molecule has 2 aromatic rings. The molecule has 174 valence electrons. The maximum absolute atomic E-state index is 13.3. The number of urea groups is 1. The summed E-state index contributed by atoms with van der Waals surface area (Å²) in [5.41, 5.74) is 0.00828. The van der Waals surface area contributed by atoms with E-state index in [1.54, 1.807) is 23.5 Å². The molecule has 11 heteroatoms. The number of rotatable bonds is 5. The molecule has 1 spiro atoms. The second-order valence-electron chi connectivity index (χ2n) is 8.52. The van der Waals surface area contributed by atoms with Crippen molar-refractivity contribution in [3.05, 3.63) is 46.2 Å². The van der Waals surface area contributed by atoms with E-state index in [0.29, 0.717) is 25.2 Å². The van der Waals surface area contributed by atoms with E-state index in [1.165, 1.54) is 16.4 Å². The van der Waals surface area contributed by atoms with Crippen LogP contribution < -0.4 is 10.6 Å². The third-order valence-corrected chi connectivity index (χ3v) is 9.33. The van der Waals surface area contributed by atoms with Gasteiger partial charge in [-0.3, -0.25) is 14.5 Å². The molecule has 1 aliphatic carbocycles. The number of imide groups is 1. The third-order valence-electron chi connectivity index (χ3n) is 6.46. The Balaban J connectivity index is 1.30. The average Bonchev–Trinajstić information content (AvgIpc) is 3.53. The molecule has 2 saturated heterocycles. The van der Waals surface area contributed by atoms with Gasteiger partial charge in [0.15, 0.2) is 0 Å². The van der Waals surface area contributed by atoms with Crippen LogP contribution in [-0.4, -0.2) is 55.1 Å². The SMILES string of the molecule is O=C(CN1C(=O)NC2(CCCc3sccc32)C1=O)Nc1cccc(S(=O)(=O)N2CCCC2)c1. The van der Waals surface area contributed by atoms with Crippen LogP contribution >= 0.6 is 11.3 Å². The van der Waals surface area contributed by atoms with Gasteiger partial charge in [0, 0.05) is 29.2 Å². The van der Waals surface area contributed by atoms with E-state index in [9.17, 15) is 22.8 Å². The highest BCUT2D eigenvalue weighted by Gasteiger charge is 2.54. The van der Waals surface area contributed by atoms with Crippen LogP contribution in [0.1, 0.15) is 36.1 Å². The quantitative estimate of drug-likeness (QED) is 0.627. The summed E-state index contributed by atoms with van der Waals surface area (Å²) >= 11 is 1.56. The monoisotopic (exact) mass is 488 g/mol. The van der Waals surface area contributed by atoms with Crippen molar-refractivity contribution >= 4 is 44.9 Å². The number of hydrogen-bond acceptors (Lipinski definition) is 6. The molecular weight excluding hydrogens is 464 g/mol. The molecule has 3 aliphatic rings. The number of anilines is 1. The van der Waals surface area contributed by atoms with Crippen LogP contribution in [0, 0.1) is 0 Å². The Morgan fingerprint density at radius 1 is 1.15 bits per heavy atom. The molecule has 1 aromatic heterocycles. The first kappa shape index (κ1) is 22.1. The maximum atomic E-state index is 13.3. The second-order valence-corrected chi connectivity index (χ2v) is 11.5. The smallest absolute Gasteiger partial charge is 0.324 e. The van der Waals surface area contributed by atoms with E-state index in [2.05, 4.69) is 10.6 Å². The Bertz CT molecular complexity index is 1230. The lowest BCUT2D eigenvalue weighted by molar-refractivity contribution is -0.134. The van der Waals surface area contributed by atoms with Crippen LogP contribution in [0.15, 0.2) is 40.6 Å². The van der Waals surface area contributed by atoms with E-state index >= 15 is 0 Å². The number of thiophene rings is 1. The maximum Gasteiger partial charge on any atom is 0.325 e. The summed E-state index contributed by atoms with van der Waals surface area (Å²) in [6.07, 6.45) is 3.80. The van der Waals surface area contributed by atoms with Crippen LogP contribution in [0.5, 0.6) is 0 Å². The van der Waals surface area contributed by atoms with Crippen molar-refractivity contribution in [2.75, 3.05) is 25.0 Å². The number of aryl methyl sites for hydroxylation is 1. The number of sulfonamides is 1. The summed E-state index contributed by atoms with van der Waals surface area (Å²) in [7, 11) is -3.62. The summed E-state index contributed by atoms with van der Waals surface area (Å²) in [6, 6.07) is 7.30. The van der Waals surface area contributed by atoms with E-state index in [0.717, 1.165) is 41.0 Å². The van der Waals surface area contributed by atoms with Gasteiger partial charge in [0.2, 0.25) is 15.9 Å². The predicted molar refractivity (Wildman–Crippen MR) is 122 cm³/mol. The molecule has 33 heavy (non-hydrogen) atoms. The van der Waals surface area contributed by atoms with E-state index in [4.69, 9.17) is 0 Å². The molecule has 1 atom stereocenters. The minimum Gasteiger partial charge on any atom is -0.324 e. The normalized spacial score (nSPS) is 23.1. The highest BCUT2D eigenvalue weighted by Crippen LogP contribution is 2.42. The molecule has 0 bridgehead atoms. The minimum absolute atomic E-state index is 0.100. The van der Waals surface area contributed by atoms with Crippen LogP contribution in [0.2, 0.25) is 0 Å². The van der Waals surface area contributed by atoms with Crippen molar-refractivity contribution in [3.8, 4) is 0 Å². The number of carbonyl (C=O) groups is 3. The van der Waals surface area contributed by atoms with Gasteiger partial charge in [-0.2, -0.15) is 4.31 Å². The first-order valence-corrected chi connectivity index (χ1v) is 13.2. The van der Waals surface area contributed by atoms with Crippen LogP contribution in [0.3, 0.4) is 0 Å². The van der Waals surface area contributed by atoms with Gasteiger partial charge in [-0.1, -0.05) is 6.07 Å². The van der Waals surface area contributed by atoms with E-state index in [-0.39, 0.29) is 4.90 Å². The van der Waals surface area contributed by atoms with Crippen molar-refractivity contribution in [2.24, 2.45) is 0 Å². The molecular formula is C22H24N4O5S2. The molecule has 2 fully saturated rings. The molecule has 1 unspecified atom stereocenters. The number of benzene rings is 1. The topological polar surface area (TPSA) is 116 Å². The number of fused-ring (bicyclic) bond motifs is 2. The Kier molecular flexibility index (Phi) is 5.50. The number of nitrogens with zero attached hydrogens (tertiary/aromatic N) is 2. The zero-order chi connectivity index (χ0) is 23.2. The molecule has 5 rings (SSSR count). The summed E-state index contributed by atoms with van der Waals surface area (Å²) in [5, 5.41) is 7.36. The van der Waals surface area contributed by atoms with Crippen LogP contribution in [0.4, 0.5) is 10.5 Å². The highest BCUT2D eigenvalue weighted by atomic mass is 32.2. The summed E-state index contributed by atoms with van der Waals surface area (Å²) in [4.78, 5) is 40.7. The van der Waals surface area contributed by atoms with Gasteiger partial charge >= 0.3 is 6.03 Å². The van der Waals surface area contributed by atoms with Crippen molar-refractivity contribution in [1.82, 2.24) is 14.5 Å². The highest BCUT2D eigenvalue weighted by molar-refractivity contribution is 7.89. The zero-order valence-electron chi connectivity index (χ0n) is 17.9. The lowest BCUT2D eigenvalue weighted by atomic mass is 9.80. The first-order chi connectivity index (χ1) is 15.8. The summed E-state index contributed by atoms with van der Waals surface area (Å²) in [5.74, 6) is -1.00. The van der Waals surface area contributed by atoms with Crippen molar-refractivity contribution in [1.29, 1.82) is 0 Å². The van der Waals surface area contributed by atoms with Gasteiger partial charge in [-0.15, -0.1) is 11.3 Å². The molecule has 3 heterocycles. The standard InChI is InChI=1S/C22H24N4O5S2/c27-19(23-15-5-3-6-16(13-15)33(30,31)25-10-1-2-11-25)14-26-20(28)22(24-21(26)29)9-4-7-18-17(22)8-12-32-18/h3,5-6,8,12-13H,1-2,4,7,9-11,14H2,(H,23,27)(H,24,29). The Hall–Kier alpha value is -2.76. The number of carbonyl (C=O) groups excluding carboxylic acids is 3. The van der Waals surface area contributed by atoms with Crippen molar-refractivity contribution in [3.63, 3.8) is 0 Å². The van der Waals surface area contributed by atoms with Gasteiger partial charge in [0.1, 0.15) is 12.1 Å². The fraction of sp³-hybridized carbons (Fsp3) is 0.409. The van der Waals surface area contributed by atoms with Gasteiger partial charge < -0.3 is 10.6 Å². The molecule has 4 amide bonds. The summed E-state index contributed by atoms with van der Waals surface area (Å²) < 4.78 is 27.0. The lowest BCUT2D eigenvalue weighted by Gasteiger charge is -2.31. The fourth-order valence-corrected chi connectivity index (χ4v) is 7.40. The largest absolute Gasteiger partial charge is 0.325 e. The van der Waals surface area contributed by atoms with Gasteiger partial charge in [0.25, 0.3) is 5.91 Å². The van der Waals surface area contributed by atoms with Crippen molar-refractivity contribution < 1.29 is 22.8 Å².